The molecule has 0 aliphatic rings. The Hall–Kier alpha value is -3.88. The normalized spacial score (nSPS) is 10.9. The number of halogens is 2. The summed E-state index contributed by atoms with van der Waals surface area (Å²) in [6, 6.07) is 14.4. The summed E-state index contributed by atoms with van der Waals surface area (Å²) in [6.07, 6.45) is 0. The standard InChI is InChI=1S/C21H17F2N5O2/c1-2-30-18-10-7-13-5-3-4-6-15(13)20(18)21(29)24-12-19-25-26-27-28(19)14-8-9-16(22)17(23)11-14/h3-11H,2,12H2,1H3,(H,24,29). The lowest BCUT2D eigenvalue weighted by atomic mass is 10.0. The van der Waals surface area contributed by atoms with Crippen LogP contribution in [0.5, 0.6) is 5.75 Å². The average molecular weight is 409 g/mol. The van der Waals surface area contributed by atoms with E-state index in [1.165, 1.54) is 10.7 Å². The first-order valence-electron chi connectivity index (χ1n) is 9.24. The quantitative estimate of drug-likeness (QED) is 0.528. The number of aromatic nitrogens is 4. The fourth-order valence-electron chi connectivity index (χ4n) is 3.14. The van der Waals surface area contributed by atoms with Gasteiger partial charge in [0.15, 0.2) is 17.5 Å². The minimum Gasteiger partial charge on any atom is -0.493 e. The molecule has 1 N–H and O–H groups in total. The number of fused-ring (bicyclic) bond motifs is 1. The van der Waals surface area contributed by atoms with E-state index in [1.54, 1.807) is 6.07 Å². The number of ether oxygens (including phenoxy) is 1. The van der Waals surface area contributed by atoms with E-state index in [2.05, 4.69) is 20.8 Å². The Morgan fingerprint density at radius 3 is 2.73 bits per heavy atom. The van der Waals surface area contributed by atoms with Crippen LogP contribution in [0.15, 0.2) is 54.6 Å². The molecule has 7 nitrogen and oxygen atoms in total. The second-order valence-electron chi connectivity index (χ2n) is 6.38. The molecule has 0 saturated carbocycles. The van der Waals surface area contributed by atoms with Crippen LogP contribution in [0.1, 0.15) is 23.1 Å². The van der Waals surface area contributed by atoms with Crippen LogP contribution in [0.4, 0.5) is 8.78 Å². The average Bonchev–Trinajstić information content (AvgIpc) is 3.22. The van der Waals surface area contributed by atoms with Crippen molar-refractivity contribution in [3.63, 3.8) is 0 Å². The third kappa shape index (κ3) is 3.69. The molecule has 0 unspecified atom stereocenters. The summed E-state index contributed by atoms with van der Waals surface area (Å²) in [7, 11) is 0. The van der Waals surface area contributed by atoms with Crippen LogP contribution in [-0.2, 0) is 6.54 Å². The van der Waals surface area contributed by atoms with Crippen molar-refractivity contribution in [1.82, 2.24) is 25.5 Å². The van der Waals surface area contributed by atoms with Crippen LogP contribution in [0.25, 0.3) is 16.5 Å². The number of nitrogens with one attached hydrogen (secondary N) is 1. The molecule has 3 aromatic carbocycles. The van der Waals surface area contributed by atoms with Gasteiger partial charge in [0.25, 0.3) is 5.91 Å². The third-order valence-corrected chi connectivity index (χ3v) is 4.51. The molecule has 1 amide bonds. The Labute approximate surface area is 170 Å². The van der Waals surface area contributed by atoms with Crippen molar-refractivity contribution in [3.8, 4) is 11.4 Å². The third-order valence-electron chi connectivity index (χ3n) is 4.51. The van der Waals surface area contributed by atoms with Crippen LogP contribution in [0.3, 0.4) is 0 Å². The van der Waals surface area contributed by atoms with Gasteiger partial charge in [0.2, 0.25) is 0 Å². The maximum atomic E-state index is 13.6. The molecule has 0 saturated heterocycles. The SMILES string of the molecule is CCOc1ccc2ccccc2c1C(=O)NCc1nnnn1-c1ccc(F)c(F)c1. The number of hydrogen-bond donors (Lipinski definition) is 1. The van der Waals surface area contributed by atoms with Crippen LogP contribution in [0, 0.1) is 11.6 Å². The molecule has 0 atom stereocenters. The number of benzene rings is 3. The smallest absolute Gasteiger partial charge is 0.256 e. The second-order valence-corrected chi connectivity index (χ2v) is 6.38. The molecule has 152 valence electrons. The van der Waals surface area contributed by atoms with Crippen LogP contribution < -0.4 is 10.1 Å². The molecular formula is C21H17F2N5O2. The van der Waals surface area contributed by atoms with Gasteiger partial charge in [-0.25, -0.2) is 8.78 Å². The van der Waals surface area contributed by atoms with E-state index in [9.17, 15) is 13.6 Å². The van der Waals surface area contributed by atoms with Crippen LogP contribution in [-0.4, -0.2) is 32.7 Å². The monoisotopic (exact) mass is 409 g/mol. The first-order chi connectivity index (χ1) is 14.6. The second kappa shape index (κ2) is 8.24. The van der Waals surface area contributed by atoms with E-state index in [1.807, 2.05) is 37.3 Å². The van der Waals surface area contributed by atoms with Gasteiger partial charge in [-0.3, -0.25) is 4.79 Å². The Morgan fingerprint density at radius 1 is 1.10 bits per heavy atom. The fraction of sp³-hybridized carbons (Fsp3) is 0.143. The molecule has 0 spiro atoms. The zero-order chi connectivity index (χ0) is 21.1. The van der Waals surface area contributed by atoms with Gasteiger partial charge >= 0.3 is 0 Å². The largest absolute Gasteiger partial charge is 0.493 e. The molecule has 0 bridgehead atoms. The van der Waals surface area contributed by atoms with E-state index >= 15 is 0 Å². The molecule has 0 aliphatic heterocycles. The highest BCUT2D eigenvalue weighted by Crippen LogP contribution is 2.28. The van der Waals surface area contributed by atoms with Gasteiger partial charge in [0, 0.05) is 6.07 Å². The molecule has 30 heavy (non-hydrogen) atoms. The topological polar surface area (TPSA) is 81.9 Å². The summed E-state index contributed by atoms with van der Waals surface area (Å²) in [4.78, 5) is 13.0. The Bertz CT molecular complexity index is 1230. The minimum absolute atomic E-state index is 0.0282. The van der Waals surface area contributed by atoms with Gasteiger partial charge < -0.3 is 10.1 Å². The molecule has 1 heterocycles. The minimum atomic E-state index is -1.02. The van der Waals surface area contributed by atoms with E-state index < -0.39 is 11.6 Å². The molecule has 9 heteroatoms. The first-order valence-corrected chi connectivity index (χ1v) is 9.24. The zero-order valence-corrected chi connectivity index (χ0v) is 16.0. The highest BCUT2D eigenvalue weighted by molar-refractivity contribution is 6.09. The maximum absolute atomic E-state index is 13.6. The molecular weight excluding hydrogens is 392 g/mol. The molecule has 4 rings (SSSR count). The number of carbonyl (C=O) groups is 1. The van der Waals surface area contributed by atoms with Crippen molar-refractivity contribution in [3.05, 3.63) is 77.6 Å². The first kappa shape index (κ1) is 19.4. The Kier molecular flexibility index (Phi) is 5.34. The molecule has 4 aromatic rings. The number of rotatable bonds is 6. The van der Waals surface area contributed by atoms with Crippen molar-refractivity contribution < 1.29 is 18.3 Å². The molecule has 0 aliphatic carbocycles. The van der Waals surface area contributed by atoms with E-state index in [4.69, 9.17) is 4.74 Å². The molecule has 0 radical (unpaired) electrons. The van der Waals surface area contributed by atoms with Crippen molar-refractivity contribution in [2.24, 2.45) is 0 Å². The van der Waals surface area contributed by atoms with Crippen LogP contribution >= 0.6 is 0 Å². The molecule has 0 fully saturated rings. The number of amides is 1. The summed E-state index contributed by atoms with van der Waals surface area (Å²) in [5, 5.41) is 15.7. The van der Waals surface area contributed by atoms with Gasteiger partial charge in [-0.2, -0.15) is 4.68 Å². The number of nitrogens with zero attached hydrogens (tertiary/aromatic N) is 4. The fourth-order valence-corrected chi connectivity index (χ4v) is 3.14. The summed E-state index contributed by atoms with van der Waals surface area (Å²) in [5.74, 6) is -1.63. The zero-order valence-electron chi connectivity index (χ0n) is 16.0. The number of tetrazole rings is 1. The van der Waals surface area contributed by atoms with Gasteiger partial charge in [-0.1, -0.05) is 30.3 Å². The summed E-state index contributed by atoms with van der Waals surface area (Å²) < 4.78 is 33.6. The predicted molar refractivity (Wildman–Crippen MR) is 105 cm³/mol. The number of carbonyl (C=O) groups excluding carboxylic acids is 1. The van der Waals surface area contributed by atoms with E-state index in [0.29, 0.717) is 17.9 Å². The van der Waals surface area contributed by atoms with Crippen molar-refractivity contribution in [2.45, 2.75) is 13.5 Å². The lowest BCUT2D eigenvalue weighted by molar-refractivity contribution is 0.0947. The summed E-state index contributed by atoms with van der Waals surface area (Å²) in [6.45, 7) is 2.22. The van der Waals surface area contributed by atoms with Gasteiger partial charge in [-0.15, -0.1) is 5.10 Å². The van der Waals surface area contributed by atoms with E-state index in [-0.39, 0.29) is 24.0 Å². The Balaban J connectivity index is 1.62. The summed E-state index contributed by atoms with van der Waals surface area (Å²) in [5.41, 5.74) is 0.644. The molecule has 1 aromatic heterocycles. The van der Waals surface area contributed by atoms with Gasteiger partial charge in [0.1, 0.15) is 5.75 Å². The Morgan fingerprint density at radius 2 is 1.93 bits per heavy atom. The van der Waals surface area contributed by atoms with Gasteiger partial charge in [-0.05, 0) is 46.3 Å². The number of hydrogen-bond acceptors (Lipinski definition) is 5. The predicted octanol–water partition coefficient (Wildman–Crippen LogP) is 3.42. The highest BCUT2D eigenvalue weighted by Gasteiger charge is 2.18. The maximum Gasteiger partial charge on any atom is 0.256 e. The van der Waals surface area contributed by atoms with Crippen LogP contribution in [0.2, 0.25) is 0 Å². The van der Waals surface area contributed by atoms with E-state index in [0.717, 1.165) is 22.9 Å². The lowest BCUT2D eigenvalue weighted by Gasteiger charge is -2.13. The summed E-state index contributed by atoms with van der Waals surface area (Å²) >= 11 is 0. The van der Waals surface area contributed by atoms with Crippen molar-refractivity contribution >= 4 is 16.7 Å². The van der Waals surface area contributed by atoms with Crippen molar-refractivity contribution in [2.75, 3.05) is 6.61 Å². The van der Waals surface area contributed by atoms with Crippen molar-refractivity contribution in [1.29, 1.82) is 0 Å². The lowest BCUT2D eigenvalue weighted by Crippen LogP contribution is -2.25. The van der Waals surface area contributed by atoms with Gasteiger partial charge in [0.05, 0.1) is 24.4 Å². The highest BCUT2D eigenvalue weighted by atomic mass is 19.2.